The Bertz CT molecular complexity index is 827. The van der Waals surface area contributed by atoms with Gasteiger partial charge in [0.1, 0.15) is 18.1 Å². The molecule has 1 aliphatic rings. The first-order chi connectivity index (χ1) is 12.7. The Balaban J connectivity index is 1.93. The van der Waals surface area contributed by atoms with Gasteiger partial charge in [-0.2, -0.15) is 13.2 Å². The summed E-state index contributed by atoms with van der Waals surface area (Å²) in [4.78, 5) is 3.82. The SMILES string of the molecule is CC(C)CC(N)COc1cc2c(cc1Br)-c1ccncc1C(C(F)(F)F)O2. The molecule has 1 aromatic heterocycles. The second kappa shape index (κ2) is 7.67. The summed E-state index contributed by atoms with van der Waals surface area (Å²) >= 11 is 3.42. The Kier molecular flexibility index (Phi) is 5.67. The minimum atomic E-state index is -4.55. The van der Waals surface area contributed by atoms with Crippen molar-refractivity contribution in [2.45, 2.75) is 38.6 Å². The first kappa shape index (κ1) is 19.9. The summed E-state index contributed by atoms with van der Waals surface area (Å²) in [5.41, 5.74) is 7.02. The lowest BCUT2D eigenvalue weighted by atomic mass is 9.94. The molecule has 0 radical (unpaired) electrons. The molecule has 0 bridgehead atoms. The number of ether oxygens (including phenoxy) is 2. The normalized spacial score (nSPS) is 17.1. The molecular weight excluding hydrogens is 425 g/mol. The standard InChI is InChI=1S/C19H20BrF3N2O2/c1-10(2)5-11(24)9-26-17-7-16-13(6-15(17)20)12-3-4-25-8-14(12)18(27-16)19(21,22)23/h3-4,6-8,10-11,18H,5,9,24H2,1-2H3. The van der Waals surface area contributed by atoms with E-state index in [0.29, 0.717) is 27.3 Å². The topological polar surface area (TPSA) is 57.4 Å². The zero-order chi connectivity index (χ0) is 19.8. The molecule has 2 aromatic rings. The van der Waals surface area contributed by atoms with E-state index in [4.69, 9.17) is 15.2 Å². The molecule has 1 aromatic carbocycles. The van der Waals surface area contributed by atoms with Gasteiger partial charge in [-0.3, -0.25) is 4.98 Å². The van der Waals surface area contributed by atoms with E-state index in [0.717, 1.165) is 6.42 Å². The van der Waals surface area contributed by atoms with Crippen LogP contribution in [0.5, 0.6) is 11.5 Å². The maximum atomic E-state index is 13.5. The van der Waals surface area contributed by atoms with E-state index in [1.54, 1.807) is 12.1 Å². The monoisotopic (exact) mass is 444 g/mol. The van der Waals surface area contributed by atoms with E-state index in [1.165, 1.54) is 18.5 Å². The van der Waals surface area contributed by atoms with Gasteiger partial charge in [-0.15, -0.1) is 0 Å². The van der Waals surface area contributed by atoms with E-state index in [2.05, 4.69) is 34.8 Å². The molecule has 2 N–H and O–H groups in total. The van der Waals surface area contributed by atoms with Crippen molar-refractivity contribution in [3.63, 3.8) is 0 Å². The second-order valence-corrected chi connectivity index (χ2v) is 7.84. The van der Waals surface area contributed by atoms with E-state index < -0.39 is 12.3 Å². The summed E-state index contributed by atoms with van der Waals surface area (Å²) in [5.74, 6) is 0.939. The highest BCUT2D eigenvalue weighted by Gasteiger charge is 2.46. The lowest BCUT2D eigenvalue weighted by Crippen LogP contribution is -2.30. The van der Waals surface area contributed by atoms with Crippen molar-refractivity contribution in [2.24, 2.45) is 11.7 Å². The average molecular weight is 445 g/mol. The van der Waals surface area contributed by atoms with Crippen molar-refractivity contribution >= 4 is 15.9 Å². The fraction of sp³-hybridized carbons (Fsp3) is 0.421. The van der Waals surface area contributed by atoms with E-state index in [-0.39, 0.29) is 24.0 Å². The highest BCUT2D eigenvalue weighted by atomic mass is 79.9. The maximum absolute atomic E-state index is 13.5. The summed E-state index contributed by atoms with van der Waals surface area (Å²) in [6, 6.07) is 4.57. The van der Waals surface area contributed by atoms with Gasteiger partial charge in [-0.05, 0) is 46.0 Å². The third kappa shape index (κ3) is 4.38. The number of aromatic nitrogens is 1. The van der Waals surface area contributed by atoms with Gasteiger partial charge >= 0.3 is 6.18 Å². The number of benzene rings is 1. The number of pyridine rings is 1. The van der Waals surface area contributed by atoms with Crippen molar-refractivity contribution in [3.8, 4) is 22.6 Å². The van der Waals surface area contributed by atoms with Crippen molar-refractivity contribution < 1.29 is 22.6 Å². The summed E-state index contributed by atoms with van der Waals surface area (Å²) in [7, 11) is 0. The molecule has 0 saturated heterocycles. The van der Waals surface area contributed by atoms with Gasteiger partial charge in [0.15, 0.2) is 0 Å². The molecule has 8 heteroatoms. The molecule has 27 heavy (non-hydrogen) atoms. The number of nitrogens with zero attached hydrogens (tertiary/aromatic N) is 1. The number of alkyl halides is 3. The number of fused-ring (bicyclic) bond motifs is 3. The predicted molar refractivity (Wildman–Crippen MR) is 99.7 cm³/mol. The van der Waals surface area contributed by atoms with Crippen molar-refractivity contribution in [3.05, 3.63) is 40.6 Å². The van der Waals surface area contributed by atoms with Gasteiger partial charge in [-0.25, -0.2) is 0 Å². The number of nitrogens with two attached hydrogens (primary N) is 1. The number of halogens is 4. The fourth-order valence-corrected chi connectivity index (χ4v) is 3.58. The Morgan fingerprint density at radius 1 is 1.30 bits per heavy atom. The summed E-state index contributed by atoms with van der Waals surface area (Å²) in [6.07, 6.45) is -3.17. The number of hydrogen-bond donors (Lipinski definition) is 1. The predicted octanol–water partition coefficient (Wildman–Crippen LogP) is 5.26. The molecule has 0 amide bonds. The molecule has 146 valence electrons. The van der Waals surface area contributed by atoms with E-state index in [9.17, 15) is 13.2 Å². The molecule has 2 unspecified atom stereocenters. The molecular formula is C19H20BrF3N2O2. The molecule has 3 rings (SSSR count). The number of hydrogen-bond acceptors (Lipinski definition) is 4. The van der Waals surface area contributed by atoms with Crippen molar-refractivity contribution in [1.82, 2.24) is 4.98 Å². The van der Waals surface area contributed by atoms with Gasteiger partial charge in [-0.1, -0.05) is 13.8 Å². The zero-order valence-corrected chi connectivity index (χ0v) is 16.5. The van der Waals surface area contributed by atoms with Crippen molar-refractivity contribution in [1.29, 1.82) is 0 Å². The minimum absolute atomic E-state index is 0.00276. The molecule has 0 spiro atoms. The van der Waals surface area contributed by atoms with Crippen molar-refractivity contribution in [2.75, 3.05) is 6.61 Å². The van der Waals surface area contributed by atoms with Crippen LogP contribution in [0.2, 0.25) is 0 Å². The van der Waals surface area contributed by atoms with Crippen LogP contribution in [0.25, 0.3) is 11.1 Å². The van der Waals surface area contributed by atoms with Crippen LogP contribution in [-0.4, -0.2) is 23.8 Å². The highest BCUT2D eigenvalue weighted by Crippen LogP contribution is 2.50. The van der Waals surface area contributed by atoms with Crippen LogP contribution in [0.1, 0.15) is 31.9 Å². The molecule has 0 saturated carbocycles. The fourth-order valence-electron chi connectivity index (χ4n) is 3.12. The van der Waals surface area contributed by atoms with Crippen LogP contribution in [0.3, 0.4) is 0 Å². The minimum Gasteiger partial charge on any atom is -0.491 e. The van der Waals surface area contributed by atoms with Crippen LogP contribution in [0.15, 0.2) is 35.1 Å². The zero-order valence-electron chi connectivity index (χ0n) is 14.9. The summed E-state index contributed by atoms with van der Waals surface area (Å²) < 4.78 is 52.0. The van der Waals surface area contributed by atoms with Crippen LogP contribution < -0.4 is 15.2 Å². The third-order valence-electron chi connectivity index (χ3n) is 4.23. The van der Waals surface area contributed by atoms with Crippen LogP contribution >= 0.6 is 15.9 Å². The van der Waals surface area contributed by atoms with E-state index in [1.807, 2.05) is 0 Å². The third-order valence-corrected chi connectivity index (χ3v) is 4.85. The molecule has 2 heterocycles. The first-order valence-electron chi connectivity index (χ1n) is 8.56. The smallest absolute Gasteiger partial charge is 0.429 e. The molecule has 0 fully saturated rings. The lowest BCUT2D eigenvalue weighted by molar-refractivity contribution is -0.198. The lowest BCUT2D eigenvalue weighted by Gasteiger charge is -2.30. The second-order valence-electron chi connectivity index (χ2n) is 6.98. The molecule has 1 aliphatic heterocycles. The van der Waals surface area contributed by atoms with Gasteiger partial charge in [0.05, 0.1) is 4.47 Å². The van der Waals surface area contributed by atoms with Gasteiger partial charge < -0.3 is 15.2 Å². The largest absolute Gasteiger partial charge is 0.491 e. The first-order valence-corrected chi connectivity index (χ1v) is 9.35. The van der Waals surface area contributed by atoms with Gasteiger partial charge in [0, 0.05) is 35.6 Å². The average Bonchev–Trinajstić information content (AvgIpc) is 2.58. The number of rotatable bonds is 5. The van der Waals surface area contributed by atoms with Crippen LogP contribution in [-0.2, 0) is 0 Å². The molecule has 4 nitrogen and oxygen atoms in total. The van der Waals surface area contributed by atoms with Gasteiger partial charge in [0.25, 0.3) is 0 Å². The Morgan fingerprint density at radius 3 is 2.70 bits per heavy atom. The van der Waals surface area contributed by atoms with Gasteiger partial charge in [0.2, 0.25) is 6.10 Å². The summed E-state index contributed by atoms with van der Waals surface area (Å²) in [6.45, 7) is 4.39. The molecule has 0 aliphatic carbocycles. The van der Waals surface area contributed by atoms with Crippen LogP contribution in [0.4, 0.5) is 13.2 Å². The quantitative estimate of drug-likeness (QED) is 0.683. The van der Waals surface area contributed by atoms with Crippen LogP contribution in [0, 0.1) is 5.92 Å². The summed E-state index contributed by atoms with van der Waals surface area (Å²) in [5, 5.41) is 0. The Hall–Kier alpha value is -1.80. The maximum Gasteiger partial charge on any atom is 0.429 e. The molecule has 2 atom stereocenters. The highest BCUT2D eigenvalue weighted by molar-refractivity contribution is 9.10. The Labute approximate surface area is 164 Å². The Morgan fingerprint density at radius 2 is 2.04 bits per heavy atom. The van der Waals surface area contributed by atoms with E-state index >= 15 is 0 Å².